The molecule has 0 spiro atoms. The summed E-state index contributed by atoms with van der Waals surface area (Å²) < 4.78 is 1.67. The Balaban J connectivity index is 1.79. The van der Waals surface area contributed by atoms with Crippen molar-refractivity contribution in [2.75, 3.05) is 6.54 Å². The molecule has 1 saturated heterocycles. The minimum atomic E-state index is -0.244. The van der Waals surface area contributed by atoms with Gasteiger partial charge in [0, 0.05) is 31.7 Å². The van der Waals surface area contributed by atoms with Crippen LogP contribution in [0.2, 0.25) is 0 Å². The number of aryl methyl sites for hydroxylation is 1. The molecule has 3 atom stereocenters. The number of carbonyl (C=O) groups is 1. The average molecular weight is 291 g/mol. The Morgan fingerprint density at radius 2 is 2.00 bits per heavy atom. The molecular formula is C16H25N3O2. The van der Waals surface area contributed by atoms with Gasteiger partial charge in [-0.2, -0.15) is 5.10 Å². The first-order valence-electron chi connectivity index (χ1n) is 8.14. The second-order valence-electron chi connectivity index (χ2n) is 6.48. The molecule has 1 aliphatic carbocycles. The van der Waals surface area contributed by atoms with Gasteiger partial charge >= 0.3 is 0 Å². The molecule has 5 nitrogen and oxygen atoms in total. The van der Waals surface area contributed by atoms with Crippen LogP contribution in [0.5, 0.6) is 0 Å². The quantitative estimate of drug-likeness (QED) is 0.906. The van der Waals surface area contributed by atoms with Crippen molar-refractivity contribution < 1.29 is 9.90 Å². The smallest absolute Gasteiger partial charge is 0.257 e. The number of aromatic nitrogens is 2. The summed E-state index contributed by atoms with van der Waals surface area (Å²) in [5.74, 6) is 0.324. The molecule has 1 saturated carbocycles. The minimum absolute atomic E-state index is 0.0746. The molecule has 21 heavy (non-hydrogen) atoms. The molecule has 0 radical (unpaired) electrons. The van der Waals surface area contributed by atoms with Crippen LogP contribution in [-0.2, 0) is 7.05 Å². The topological polar surface area (TPSA) is 58.4 Å². The summed E-state index contributed by atoms with van der Waals surface area (Å²) in [5, 5.41) is 14.4. The van der Waals surface area contributed by atoms with Crippen molar-refractivity contribution >= 4 is 5.91 Å². The molecule has 3 rings (SSSR count). The number of hydrogen-bond acceptors (Lipinski definition) is 3. The van der Waals surface area contributed by atoms with E-state index in [-0.39, 0.29) is 24.0 Å². The standard InChI is InChI=1S/C16H25N3O2/c1-18-11-12(10-17-18)16(21)19-9-5-4-7-14(19)13-6-2-3-8-15(13)20/h10-11,13-15,20H,2-9H2,1H3. The highest BCUT2D eigenvalue weighted by molar-refractivity contribution is 5.94. The molecule has 2 fully saturated rings. The van der Waals surface area contributed by atoms with E-state index in [1.54, 1.807) is 17.1 Å². The van der Waals surface area contributed by atoms with Gasteiger partial charge in [0.1, 0.15) is 0 Å². The molecule has 2 aliphatic rings. The van der Waals surface area contributed by atoms with Gasteiger partial charge in [0.25, 0.3) is 5.91 Å². The van der Waals surface area contributed by atoms with E-state index in [1.807, 2.05) is 11.9 Å². The zero-order chi connectivity index (χ0) is 14.8. The van der Waals surface area contributed by atoms with E-state index in [4.69, 9.17) is 0 Å². The number of carbonyl (C=O) groups excluding carboxylic acids is 1. The summed E-state index contributed by atoms with van der Waals surface area (Å²) in [4.78, 5) is 14.8. The van der Waals surface area contributed by atoms with Crippen molar-refractivity contribution in [3.8, 4) is 0 Å². The number of nitrogens with zero attached hydrogens (tertiary/aromatic N) is 3. The van der Waals surface area contributed by atoms with Crippen molar-refractivity contribution in [3.63, 3.8) is 0 Å². The van der Waals surface area contributed by atoms with Gasteiger partial charge in [-0.05, 0) is 32.1 Å². The molecule has 0 bridgehead atoms. The minimum Gasteiger partial charge on any atom is -0.393 e. The number of aliphatic hydroxyl groups is 1. The van der Waals surface area contributed by atoms with Crippen LogP contribution in [0.3, 0.4) is 0 Å². The van der Waals surface area contributed by atoms with Crippen LogP contribution in [0.15, 0.2) is 12.4 Å². The van der Waals surface area contributed by atoms with Crippen LogP contribution in [0.1, 0.15) is 55.3 Å². The molecule has 2 heterocycles. The van der Waals surface area contributed by atoms with Gasteiger partial charge in [-0.3, -0.25) is 9.48 Å². The van der Waals surface area contributed by atoms with Crippen LogP contribution in [0.4, 0.5) is 0 Å². The Morgan fingerprint density at radius 1 is 1.24 bits per heavy atom. The number of rotatable bonds is 2. The first-order chi connectivity index (χ1) is 10.2. The van der Waals surface area contributed by atoms with Crippen molar-refractivity contribution in [1.29, 1.82) is 0 Å². The number of hydrogen-bond donors (Lipinski definition) is 1. The second kappa shape index (κ2) is 6.18. The molecule has 1 aromatic heterocycles. The largest absolute Gasteiger partial charge is 0.393 e. The maximum atomic E-state index is 12.8. The summed E-state index contributed by atoms with van der Waals surface area (Å²) >= 11 is 0. The fourth-order valence-corrected chi connectivity index (χ4v) is 3.94. The van der Waals surface area contributed by atoms with Gasteiger partial charge in [-0.15, -0.1) is 0 Å². The van der Waals surface area contributed by atoms with Gasteiger partial charge in [0.15, 0.2) is 0 Å². The van der Waals surface area contributed by atoms with E-state index in [1.165, 1.54) is 6.42 Å². The zero-order valence-corrected chi connectivity index (χ0v) is 12.7. The number of likely N-dealkylation sites (tertiary alicyclic amines) is 1. The lowest BCUT2D eigenvalue weighted by molar-refractivity contribution is -0.00128. The van der Waals surface area contributed by atoms with Crippen LogP contribution in [0.25, 0.3) is 0 Å². The molecule has 5 heteroatoms. The third-order valence-corrected chi connectivity index (χ3v) is 5.04. The molecular weight excluding hydrogens is 266 g/mol. The van der Waals surface area contributed by atoms with E-state index >= 15 is 0 Å². The molecule has 1 aromatic rings. The van der Waals surface area contributed by atoms with E-state index in [2.05, 4.69) is 5.10 Å². The Bertz CT molecular complexity index is 499. The lowest BCUT2D eigenvalue weighted by Gasteiger charge is -2.43. The van der Waals surface area contributed by atoms with Crippen molar-refractivity contribution in [3.05, 3.63) is 18.0 Å². The monoisotopic (exact) mass is 291 g/mol. The average Bonchev–Trinajstić information content (AvgIpc) is 2.94. The van der Waals surface area contributed by atoms with E-state index in [9.17, 15) is 9.90 Å². The SMILES string of the molecule is Cn1cc(C(=O)N2CCCCC2C2CCCCC2O)cn1. The zero-order valence-electron chi connectivity index (χ0n) is 12.7. The molecule has 3 unspecified atom stereocenters. The van der Waals surface area contributed by atoms with Crippen molar-refractivity contribution in [1.82, 2.24) is 14.7 Å². The summed E-state index contributed by atoms with van der Waals surface area (Å²) in [5.41, 5.74) is 0.662. The highest BCUT2D eigenvalue weighted by Crippen LogP contribution is 2.34. The number of aliphatic hydroxyl groups excluding tert-OH is 1. The lowest BCUT2D eigenvalue weighted by Crippen LogP contribution is -2.51. The predicted octanol–water partition coefficient (Wildman–Crippen LogP) is 1.97. The fourth-order valence-electron chi connectivity index (χ4n) is 3.94. The Labute approximate surface area is 125 Å². The summed E-state index contributed by atoms with van der Waals surface area (Å²) in [6.45, 7) is 0.807. The third-order valence-electron chi connectivity index (χ3n) is 5.04. The normalized spacial score (nSPS) is 30.4. The van der Waals surface area contributed by atoms with Crippen molar-refractivity contribution in [2.24, 2.45) is 13.0 Å². The summed E-state index contributed by atoms with van der Waals surface area (Å²) in [6.07, 6.45) is 10.6. The highest BCUT2D eigenvalue weighted by atomic mass is 16.3. The summed E-state index contributed by atoms with van der Waals surface area (Å²) in [7, 11) is 1.83. The van der Waals surface area contributed by atoms with Crippen LogP contribution in [-0.4, -0.2) is 44.4 Å². The molecule has 1 N–H and O–H groups in total. The van der Waals surface area contributed by atoms with E-state index in [0.29, 0.717) is 5.56 Å². The maximum absolute atomic E-state index is 12.8. The Kier molecular flexibility index (Phi) is 4.29. The fraction of sp³-hybridized carbons (Fsp3) is 0.750. The maximum Gasteiger partial charge on any atom is 0.257 e. The summed E-state index contributed by atoms with van der Waals surface area (Å²) in [6, 6.07) is 0.196. The second-order valence-corrected chi connectivity index (χ2v) is 6.48. The molecule has 116 valence electrons. The Morgan fingerprint density at radius 3 is 2.71 bits per heavy atom. The van der Waals surface area contributed by atoms with Gasteiger partial charge < -0.3 is 10.0 Å². The van der Waals surface area contributed by atoms with Gasteiger partial charge in [0.05, 0.1) is 17.9 Å². The van der Waals surface area contributed by atoms with Crippen LogP contribution in [0, 0.1) is 5.92 Å². The first kappa shape index (κ1) is 14.6. The van der Waals surface area contributed by atoms with Crippen LogP contribution < -0.4 is 0 Å². The highest BCUT2D eigenvalue weighted by Gasteiger charge is 2.37. The van der Waals surface area contributed by atoms with Crippen LogP contribution >= 0.6 is 0 Å². The third kappa shape index (κ3) is 2.98. The van der Waals surface area contributed by atoms with Gasteiger partial charge in [-0.1, -0.05) is 12.8 Å². The van der Waals surface area contributed by atoms with Gasteiger partial charge in [-0.25, -0.2) is 0 Å². The number of amides is 1. The van der Waals surface area contributed by atoms with Crippen molar-refractivity contribution in [2.45, 2.75) is 57.1 Å². The molecule has 1 amide bonds. The number of piperidine rings is 1. The molecule has 1 aliphatic heterocycles. The molecule has 0 aromatic carbocycles. The lowest BCUT2D eigenvalue weighted by atomic mass is 9.78. The predicted molar refractivity (Wildman–Crippen MR) is 79.8 cm³/mol. The van der Waals surface area contributed by atoms with Gasteiger partial charge in [0.2, 0.25) is 0 Å². The van der Waals surface area contributed by atoms with E-state index < -0.39 is 0 Å². The van der Waals surface area contributed by atoms with E-state index in [0.717, 1.165) is 45.1 Å². The Hall–Kier alpha value is -1.36. The first-order valence-corrected chi connectivity index (χ1v) is 8.14.